The van der Waals surface area contributed by atoms with E-state index in [9.17, 15) is 4.79 Å². The van der Waals surface area contributed by atoms with Crippen LogP contribution in [0.4, 0.5) is 5.69 Å². The van der Waals surface area contributed by atoms with Crippen LogP contribution < -0.4 is 5.32 Å². The van der Waals surface area contributed by atoms with Crippen molar-refractivity contribution >= 4 is 58.0 Å². The Morgan fingerprint density at radius 1 is 1.05 bits per heavy atom. The maximum Gasteiger partial charge on any atom is 0.259 e. The van der Waals surface area contributed by atoms with Crippen LogP contribution in [0.1, 0.15) is 15.9 Å². The number of amides is 1. The fraction of sp³-hybridized carbons (Fsp3) is 0.0833. The summed E-state index contributed by atoms with van der Waals surface area (Å²) in [6.07, 6.45) is 0. The van der Waals surface area contributed by atoms with Gasteiger partial charge in [0, 0.05) is 5.02 Å². The van der Waals surface area contributed by atoms with Crippen molar-refractivity contribution in [3.63, 3.8) is 0 Å². The smallest absolute Gasteiger partial charge is 0.259 e. The van der Waals surface area contributed by atoms with Crippen LogP contribution in [-0.2, 0) is 0 Å². The number of aryl methyl sites for hydroxylation is 1. The summed E-state index contributed by atoms with van der Waals surface area (Å²) in [4.78, 5) is 12.1. The summed E-state index contributed by atoms with van der Waals surface area (Å²) in [5, 5.41) is 10.5. The van der Waals surface area contributed by atoms with Crippen molar-refractivity contribution in [3.05, 3.63) is 49.7 Å². The largest absolute Gasteiger partial charge is 0.320 e. The lowest BCUT2D eigenvalue weighted by molar-refractivity contribution is 0.102. The van der Waals surface area contributed by atoms with Gasteiger partial charge in [-0.05, 0) is 30.7 Å². The molecule has 4 nitrogen and oxygen atoms in total. The van der Waals surface area contributed by atoms with E-state index in [1.54, 1.807) is 12.1 Å². The molecule has 0 aliphatic carbocycles. The molecule has 1 heterocycles. The Balaban J connectivity index is 2.32. The van der Waals surface area contributed by atoms with Gasteiger partial charge >= 0.3 is 0 Å². The van der Waals surface area contributed by atoms with Crippen molar-refractivity contribution in [2.24, 2.45) is 0 Å². The third kappa shape index (κ3) is 3.33. The lowest BCUT2D eigenvalue weighted by Gasteiger charge is -2.09. The molecule has 0 fully saturated rings. The Labute approximate surface area is 135 Å². The van der Waals surface area contributed by atoms with E-state index in [1.165, 1.54) is 6.07 Å². The molecule has 0 atom stereocenters. The quantitative estimate of drug-likeness (QED) is 0.857. The average Bonchev–Trinajstić information content (AvgIpc) is 2.38. The average molecular weight is 351 g/mol. The Bertz CT molecular complexity index is 691. The number of aromatic nitrogens is 2. The maximum atomic E-state index is 12.1. The van der Waals surface area contributed by atoms with E-state index in [4.69, 9.17) is 46.4 Å². The maximum absolute atomic E-state index is 12.1. The van der Waals surface area contributed by atoms with Crippen LogP contribution in [0.3, 0.4) is 0 Å². The van der Waals surface area contributed by atoms with E-state index in [0.717, 1.165) is 5.56 Å². The second-order valence-corrected chi connectivity index (χ2v) is 5.47. The van der Waals surface area contributed by atoms with Crippen LogP contribution in [0.15, 0.2) is 18.2 Å². The third-order valence-corrected chi connectivity index (χ3v) is 3.64. The third-order valence-electron chi connectivity index (χ3n) is 2.46. The number of rotatable bonds is 2. The fourth-order valence-corrected chi connectivity index (χ4v) is 2.20. The highest BCUT2D eigenvalue weighted by molar-refractivity contribution is 6.37. The summed E-state index contributed by atoms with van der Waals surface area (Å²) in [6.45, 7) is 1.81. The molecule has 0 bridgehead atoms. The molecule has 1 aromatic heterocycles. The van der Waals surface area contributed by atoms with Crippen molar-refractivity contribution in [2.45, 2.75) is 6.92 Å². The summed E-state index contributed by atoms with van der Waals surface area (Å²) in [6, 6.07) is 4.52. The van der Waals surface area contributed by atoms with Gasteiger partial charge in [0.15, 0.2) is 10.3 Å². The van der Waals surface area contributed by atoms with Crippen molar-refractivity contribution in [1.82, 2.24) is 10.2 Å². The predicted octanol–water partition coefficient (Wildman–Crippen LogP) is 4.65. The minimum Gasteiger partial charge on any atom is -0.320 e. The molecule has 2 rings (SSSR count). The van der Waals surface area contributed by atoms with Gasteiger partial charge in [0.2, 0.25) is 0 Å². The number of nitrogens with zero attached hydrogens (tertiary/aromatic N) is 2. The second-order valence-electron chi connectivity index (χ2n) is 3.91. The van der Waals surface area contributed by atoms with Gasteiger partial charge in [0.05, 0.1) is 16.3 Å². The molecule has 20 heavy (non-hydrogen) atoms. The molecule has 1 N–H and O–H groups in total. The number of hydrogen-bond acceptors (Lipinski definition) is 3. The first-order valence-electron chi connectivity index (χ1n) is 5.34. The first-order chi connectivity index (χ1) is 9.38. The first-order valence-corrected chi connectivity index (χ1v) is 6.85. The van der Waals surface area contributed by atoms with Crippen LogP contribution >= 0.6 is 46.4 Å². The molecule has 8 heteroatoms. The molecule has 0 saturated heterocycles. The number of halogens is 4. The number of anilines is 1. The molecule has 0 saturated carbocycles. The molecule has 0 aliphatic rings. The minimum atomic E-state index is -0.506. The summed E-state index contributed by atoms with van der Waals surface area (Å²) in [7, 11) is 0. The van der Waals surface area contributed by atoms with Crippen LogP contribution in [0.2, 0.25) is 20.4 Å². The first kappa shape index (κ1) is 15.3. The van der Waals surface area contributed by atoms with E-state index in [0.29, 0.717) is 15.7 Å². The Hall–Kier alpha value is -1.07. The molecule has 0 radical (unpaired) electrons. The van der Waals surface area contributed by atoms with E-state index < -0.39 is 5.91 Å². The number of hydrogen-bond donors (Lipinski definition) is 1. The molecular weight excluding hydrogens is 344 g/mol. The minimum absolute atomic E-state index is 0.0544. The zero-order valence-electron chi connectivity index (χ0n) is 10.0. The van der Waals surface area contributed by atoms with Crippen LogP contribution in [-0.4, -0.2) is 16.1 Å². The van der Waals surface area contributed by atoms with Crippen LogP contribution in [0, 0.1) is 6.92 Å². The standard InChI is InChI=1S/C12H7Cl4N3O/c1-5-2-8(14)9(4-7(5)13)17-12(20)6-3-10(15)18-19-11(6)16/h2-4H,1H3,(H,17,20). The van der Waals surface area contributed by atoms with Gasteiger partial charge in [-0.1, -0.05) is 46.4 Å². The summed E-state index contributed by atoms with van der Waals surface area (Å²) in [5.41, 5.74) is 1.28. The van der Waals surface area contributed by atoms with Gasteiger partial charge in [0.1, 0.15) is 0 Å². The lowest BCUT2D eigenvalue weighted by Crippen LogP contribution is -2.14. The van der Waals surface area contributed by atoms with Gasteiger partial charge in [-0.3, -0.25) is 4.79 Å². The SMILES string of the molecule is Cc1cc(Cl)c(NC(=O)c2cc(Cl)nnc2Cl)cc1Cl. The van der Waals surface area contributed by atoms with E-state index in [1.807, 2.05) is 6.92 Å². The Morgan fingerprint density at radius 2 is 1.75 bits per heavy atom. The normalized spacial score (nSPS) is 10.4. The lowest BCUT2D eigenvalue weighted by atomic mass is 10.2. The fourth-order valence-electron chi connectivity index (χ4n) is 1.44. The predicted molar refractivity (Wildman–Crippen MR) is 81.2 cm³/mol. The highest BCUT2D eigenvalue weighted by atomic mass is 35.5. The van der Waals surface area contributed by atoms with E-state index >= 15 is 0 Å². The number of nitrogens with one attached hydrogen (secondary N) is 1. The molecule has 1 amide bonds. The molecular formula is C12H7Cl4N3O. The van der Waals surface area contributed by atoms with Gasteiger partial charge in [-0.2, -0.15) is 0 Å². The zero-order valence-corrected chi connectivity index (χ0v) is 13.1. The second kappa shape index (κ2) is 6.14. The van der Waals surface area contributed by atoms with Gasteiger partial charge in [0.25, 0.3) is 5.91 Å². The molecule has 0 spiro atoms. The topological polar surface area (TPSA) is 54.9 Å². The highest BCUT2D eigenvalue weighted by Crippen LogP contribution is 2.29. The van der Waals surface area contributed by atoms with Gasteiger partial charge in [-0.25, -0.2) is 0 Å². The number of benzene rings is 1. The zero-order chi connectivity index (χ0) is 14.9. The molecule has 0 unspecified atom stereocenters. The van der Waals surface area contributed by atoms with E-state index in [2.05, 4.69) is 15.5 Å². The highest BCUT2D eigenvalue weighted by Gasteiger charge is 2.15. The molecule has 2 aromatic rings. The van der Waals surface area contributed by atoms with Crippen LogP contribution in [0.25, 0.3) is 0 Å². The number of carbonyl (C=O) groups is 1. The Morgan fingerprint density at radius 3 is 2.45 bits per heavy atom. The summed E-state index contributed by atoms with van der Waals surface area (Å²) in [5.74, 6) is -0.506. The van der Waals surface area contributed by atoms with Crippen molar-refractivity contribution < 1.29 is 4.79 Å². The van der Waals surface area contributed by atoms with Crippen molar-refractivity contribution in [3.8, 4) is 0 Å². The number of carbonyl (C=O) groups excluding carboxylic acids is 1. The Kier molecular flexibility index (Phi) is 4.70. The molecule has 104 valence electrons. The molecule has 1 aromatic carbocycles. The van der Waals surface area contributed by atoms with Crippen LogP contribution in [0.5, 0.6) is 0 Å². The van der Waals surface area contributed by atoms with Gasteiger partial charge in [-0.15, -0.1) is 10.2 Å². The van der Waals surface area contributed by atoms with Crippen molar-refractivity contribution in [2.75, 3.05) is 5.32 Å². The van der Waals surface area contributed by atoms with Gasteiger partial charge < -0.3 is 5.32 Å². The molecule has 0 aliphatic heterocycles. The summed E-state index contributed by atoms with van der Waals surface area (Å²) < 4.78 is 0. The van der Waals surface area contributed by atoms with E-state index in [-0.39, 0.29) is 15.9 Å². The van der Waals surface area contributed by atoms with Crippen molar-refractivity contribution in [1.29, 1.82) is 0 Å². The summed E-state index contributed by atoms with van der Waals surface area (Å²) >= 11 is 23.5. The monoisotopic (exact) mass is 349 g/mol.